The van der Waals surface area contributed by atoms with Crippen LogP contribution in [0.15, 0.2) is 0 Å². The molecular formula is C12H22N4O6S. The summed E-state index contributed by atoms with van der Waals surface area (Å²) in [6, 6.07) is -4.34. The van der Waals surface area contributed by atoms with E-state index in [1.54, 1.807) is 0 Å². The second kappa shape index (κ2) is 10.0. The summed E-state index contributed by atoms with van der Waals surface area (Å²) in [6.07, 6.45) is 0. The van der Waals surface area contributed by atoms with Gasteiger partial charge in [-0.25, -0.2) is 4.79 Å². The number of carboxylic acids is 1. The van der Waals surface area contributed by atoms with Crippen molar-refractivity contribution in [1.29, 1.82) is 0 Å². The molecule has 0 rings (SSSR count). The van der Waals surface area contributed by atoms with Crippen molar-refractivity contribution >= 4 is 36.3 Å². The molecule has 0 aromatic rings. The first kappa shape index (κ1) is 21.1. The molecule has 0 heterocycles. The van der Waals surface area contributed by atoms with E-state index in [4.69, 9.17) is 15.9 Å². The van der Waals surface area contributed by atoms with Crippen molar-refractivity contribution < 1.29 is 29.4 Å². The summed E-state index contributed by atoms with van der Waals surface area (Å²) in [7, 11) is 0. The van der Waals surface area contributed by atoms with Crippen LogP contribution in [0.4, 0.5) is 0 Å². The van der Waals surface area contributed by atoms with E-state index in [0.717, 1.165) is 0 Å². The Morgan fingerprint density at radius 3 is 1.83 bits per heavy atom. The molecule has 0 fully saturated rings. The van der Waals surface area contributed by atoms with Crippen LogP contribution in [0.3, 0.4) is 0 Å². The predicted octanol–water partition coefficient (Wildman–Crippen LogP) is -3.19. The second-order valence-corrected chi connectivity index (χ2v) is 5.20. The minimum absolute atomic E-state index is 0.108. The van der Waals surface area contributed by atoms with Gasteiger partial charge in [0.05, 0.1) is 12.6 Å². The Morgan fingerprint density at radius 2 is 1.43 bits per heavy atom. The van der Waals surface area contributed by atoms with Crippen LogP contribution < -0.4 is 21.7 Å². The Morgan fingerprint density at radius 1 is 1.00 bits per heavy atom. The molecule has 4 atom stereocenters. The van der Waals surface area contributed by atoms with Gasteiger partial charge in [0.2, 0.25) is 17.7 Å². The van der Waals surface area contributed by atoms with E-state index in [0.29, 0.717) is 0 Å². The lowest BCUT2D eigenvalue weighted by molar-refractivity contribution is -0.143. The number of aliphatic carboxylic acids is 1. The van der Waals surface area contributed by atoms with Gasteiger partial charge < -0.3 is 31.9 Å². The maximum atomic E-state index is 11.9. The number of carboxylic acid groups (broad SMARTS) is 1. The van der Waals surface area contributed by atoms with Gasteiger partial charge in [-0.1, -0.05) is 0 Å². The molecule has 0 aliphatic heterocycles. The lowest BCUT2D eigenvalue weighted by atomic mass is 10.2. The van der Waals surface area contributed by atoms with Crippen molar-refractivity contribution in [3.05, 3.63) is 0 Å². The van der Waals surface area contributed by atoms with Crippen molar-refractivity contribution in [2.75, 3.05) is 12.4 Å². The molecule has 132 valence electrons. The van der Waals surface area contributed by atoms with Crippen LogP contribution in [0.25, 0.3) is 0 Å². The highest BCUT2D eigenvalue weighted by molar-refractivity contribution is 7.80. The number of hydrogen-bond acceptors (Lipinski definition) is 7. The molecule has 0 spiro atoms. The largest absolute Gasteiger partial charge is 0.480 e. The number of hydrogen-bond donors (Lipinski definition) is 7. The summed E-state index contributed by atoms with van der Waals surface area (Å²) < 4.78 is 0. The molecule has 0 saturated heterocycles. The van der Waals surface area contributed by atoms with E-state index in [9.17, 15) is 19.2 Å². The Bertz CT molecular complexity index is 461. The van der Waals surface area contributed by atoms with E-state index in [1.807, 2.05) is 0 Å². The minimum Gasteiger partial charge on any atom is -0.480 e. The van der Waals surface area contributed by atoms with Gasteiger partial charge in [-0.15, -0.1) is 0 Å². The molecule has 0 aliphatic rings. The molecule has 0 aromatic heterocycles. The van der Waals surface area contributed by atoms with Crippen molar-refractivity contribution in [3.8, 4) is 0 Å². The number of aliphatic hydroxyl groups is 1. The highest BCUT2D eigenvalue weighted by Crippen LogP contribution is 1.92. The van der Waals surface area contributed by atoms with Gasteiger partial charge in [-0.3, -0.25) is 14.4 Å². The lowest BCUT2D eigenvalue weighted by Crippen LogP contribution is -2.56. The standard InChI is InChI=1S/C12H22N4O6S/c1-5(15-11(20)7(13)4-23)9(18)14-6(2)10(19)16-8(3-17)12(21)22/h5-8,17,23H,3-4,13H2,1-2H3,(H,14,18)(H,15,20)(H,16,19)(H,21,22). The van der Waals surface area contributed by atoms with Gasteiger partial charge in [0.1, 0.15) is 18.1 Å². The first-order valence-electron chi connectivity index (χ1n) is 6.75. The van der Waals surface area contributed by atoms with Gasteiger partial charge in [0.15, 0.2) is 0 Å². The zero-order valence-corrected chi connectivity index (χ0v) is 13.7. The summed E-state index contributed by atoms with van der Waals surface area (Å²) in [5.74, 6) is -3.29. The number of carbonyl (C=O) groups is 4. The molecule has 23 heavy (non-hydrogen) atoms. The van der Waals surface area contributed by atoms with Crippen LogP contribution in [0.5, 0.6) is 0 Å². The third kappa shape index (κ3) is 7.30. The van der Waals surface area contributed by atoms with Crippen LogP contribution in [-0.4, -0.2) is 70.4 Å². The molecule has 10 nitrogen and oxygen atoms in total. The molecule has 3 amide bonds. The zero-order chi connectivity index (χ0) is 18.2. The Balaban J connectivity index is 4.50. The first-order chi connectivity index (χ1) is 10.6. The molecule has 0 aromatic carbocycles. The molecule has 0 aliphatic carbocycles. The van der Waals surface area contributed by atoms with E-state index in [2.05, 4.69) is 28.6 Å². The SMILES string of the molecule is CC(NC(=O)C(N)CS)C(=O)NC(C)C(=O)NC(CO)C(=O)O. The summed E-state index contributed by atoms with van der Waals surface area (Å²) in [4.78, 5) is 45.8. The molecule has 4 unspecified atom stereocenters. The monoisotopic (exact) mass is 350 g/mol. The normalized spacial score (nSPS) is 15.7. The Kier molecular flexibility index (Phi) is 9.22. The van der Waals surface area contributed by atoms with E-state index < -0.39 is 54.5 Å². The van der Waals surface area contributed by atoms with Crippen LogP contribution in [-0.2, 0) is 19.2 Å². The smallest absolute Gasteiger partial charge is 0.328 e. The van der Waals surface area contributed by atoms with Gasteiger partial charge in [0.25, 0.3) is 0 Å². The Labute approximate surface area is 138 Å². The number of thiol groups is 1. The lowest BCUT2D eigenvalue weighted by Gasteiger charge is -2.20. The maximum absolute atomic E-state index is 11.9. The van der Waals surface area contributed by atoms with Crippen LogP contribution in [0, 0.1) is 0 Å². The van der Waals surface area contributed by atoms with Crippen LogP contribution >= 0.6 is 12.6 Å². The van der Waals surface area contributed by atoms with Crippen molar-refractivity contribution in [3.63, 3.8) is 0 Å². The third-order valence-corrected chi connectivity index (χ3v) is 3.23. The third-order valence-electron chi connectivity index (χ3n) is 2.83. The quantitative estimate of drug-likeness (QED) is 0.215. The molecule has 0 bridgehead atoms. The topological polar surface area (TPSA) is 171 Å². The summed E-state index contributed by atoms with van der Waals surface area (Å²) in [5, 5.41) is 24.3. The van der Waals surface area contributed by atoms with Gasteiger partial charge in [-0.05, 0) is 13.8 Å². The van der Waals surface area contributed by atoms with Gasteiger partial charge in [-0.2, -0.15) is 12.6 Å². The second-order valence-electron chi connectivity index (χ2n) is 4.83. The van der Waals surface area contributed by atoms with E-state index in [1.165, 1.54) is 13.8 Å². The van der Waals surface area contributed by atoms with Crippen molar-refractivity contribution in [1.82, 2.24) is 16.0 Å². The molecule has 11 heteroatoms. The summed E-state index contributed by atoms with van der Waals surface area (Å²) >= 11 is 3.86. The van der Waals surface area contributed by atoms with Crippen molar-refractivity contribution in [2.24, 2.45) is 5.73 Å². The number of carbonyl (C=O) groups excluding carboxylic acids is 3. The Hall–Kier alpha value is -1.85. The number of aliphatic hydroxyl groups excluding tert-OH is 1. The van der Waals surface area contributed by atoms with Crippen LogP contribution in [0.1, 0.15) is 13.8 Å². The van der Waals surface area contributed by atoms with E-state index >= 15 is 0 Å². The summed E-state index contributed by atoms with van der Waals surface area (Å²) in [6.45, 7) is 1.95. The highest BCUT2D eigenvalue weighted by atomic mass is 32.1. The van der Waals surface area contributed by atoms with Gasteiger partial charge >= 0.3 is 5.97 Å². The van der Waals surface area contributed by atoms with Crippen LogP contribution in [0.2, 0.25) is 0 Å². The average Bonchev–Trinajstić information content (AvgIpc) is 2.50. The number of nitrogens with two attached hydrogens (primary N) is 1. The fourth-order valence-corrected chi connectivity index (χ4v) is 1.52. The number of amides is 3. The number of nitrogens with one attached hydrogen (secondary N) is 3. The summed E-state index contributed by atoms with van der Waals surface area (Å²) in [5.41, 5.74) is 5.45. The van der Waals surface area contributed by atoms with E-state index in [-0.39, 0.29) is 5.75 Å². The molecule has 0 radical (unpaired) electrons. The number of rotatable bonds is 9. The fourth-order valence-electron chi connectivity index (χ4n) is 1.36. The fraction of sp³-hybridized carbons (Fsp3) is 0.667. The molecular weight excluding hydrogens is 328 g/mol. The van der Waals surface area contributed by atoms with Gasteiger partial charge in [0, 0.05) is 5.75 Å². The zero-order valence-electron chi connectivity index (χ0n) is 12.8. The molecule has 7 N–H and O–H groups in total. The van der Waals surface area contributed by atoms with Crippen molar-refractivity contribution in [2.45, 2.75) is 38.0 Å². The predicted molar refractivity (Wildman–Crippen MR) is 83.7 cm³/mol. The molecule has 0 saturated carbocycles. The maximum Gasteiger partial charge on any atom is 0.328 e. The minimum atomic E-state index is -1.47. The highest BCUT2D eigenvalue weighted by Gasteiger charge is 2.25. The average molecular weight is 350 g/mol. The first-order valence-corrected chi connectivity index (χ1v) is 7.38.